The van der Waals surface area contributed by atoms with Crippen molar-refractivity contribution in [3.63, 3.8) is 0 Å². The molecule has 1 heterocycles. The van der Waals surface area contributed by atoms with Gasteiger partial charge in [-0.1, -0.05) is 0 Å². The molecule has 2 N–H and O–H groups in total. The van der Waals surface area contributed by atoms with Gasteiger partial charge in [-0.3, -0.25) is 4.98 Å². The summed E-state index contributed by atoms with van der Waals surface area (Å²) >= 11 is 0. The summed E-state index contributed by atoms with van der Waals surface area (Å²) < 4.78 is 4.94. The summed E-state index contributed by atoms with van der Waals surface area (Å²) in [5.74, 6) is -0.415. The molecule has 1 aromatic heterocycles. The first-order chi connectivity index (χ1) is 6.65. The van der Waals surface area contributed by atoms with Crippen molar-refractivity contribution >= 4 is 16.8 Å². The molecule has 0 amide bonds. The molecular weight excluding hydrogens is 180 g/mol. The Bertz CT molecular complexity index is 496. The van der Waals surface area contributed by atoms with Gasteiger partial charge in [0.25, 0.3) is 0 Å². The highest BCUT2D eigenvalue weighted by molar-refractivity contribution is 5.76. The Balaban J connectivity index is 2.45. The number of hydrogen-bond acceptors (Lipinski definition) is 3. The predicted molar refractivity (Wildman–Crippen MR) is 55.6 cm³/mol. The van der Waals surface area contributed by atoms with E-state index >= 15 is 0 Å². The molecule has 0 atom stereocenters. The number of fused-ring (bicyclic) bond motifs is 1. The van der Waals surface area contributed by atoms with E-state index in [1.54, 1.807) is 0 Å². The molecule has 0 fully saturated rings. The van der Waals surface area contributed by atoms with E-state index in [-0.39, 0.29) is 0 Å². The van der Waals surface area contributed by atoms with Crippen molar-refractivity contribution in [2.75, 3.05) is 5.32 Å². The van der Waals surface area contributed by atoms with Gasteiger partial charge in [0.2, 0.25) is 0 Å². The molecule has 0 bridgehead atoms. The fourth-order valence-corrected chi connectivity index (χ4v) is 1.37. The zero-order valence-electron chi connectivity index (χ0n) is 8.13. The minimum Gasteiger partial charge on any atom is -0.408 e. The number of nitrogens with one attached hydrogen (secondary N) is 2. The number of oxazole rings is 1. The molecule has 1 aromatic carbocycles. The van der Waals surface area contributed by atoms with Crippen LogP contribution in [0.2, 0.25) is 0 Å². The zero-order valence-corrected chi connectivity index (χ0v) is 8.13. The summed E-state index contributed by atoms with van der Waals surface area (Å²) in [5, 5.41) is 3.23. The maximum atomic E-state index is 10.9. The largest absolute Gasteiger partial charge is 0.417 e. The molecule has 2 aromatic rings. The molecular formula is C10H12N2O2. The van der Waals surface area contributed by atoms with Crippen LogP contribution in [-0.2, 0) is 0 Å². The first-order valence-corrected chi connectivity index (χ1v) is 4.54. The first-order valence-electron chi connectivity index (χ1n) is 4.54. The molecule has 0 saturated carbocycles. The zero-order chi connectivity index (χ0) is 10.1. The quantitative estimate of drug-likeness (QED) is 0.764. The standard InChI is InChI=1S/C10H12N2O2/c1-6(2)11-7-3-4-8-9(5-7)14-10(13)12-8/h3-6,11H,1-2H3,(H,12,13). The highest BCUT2D eigenvalue weighted by atomic mass is 16.4. The molecule has 0 saturated heterocycles. The van der Waals surface area contributed by atoms with Crippen molar-refractivity contribution in [3.8, 4) is 0 Å². The van der Waals surface area contributed by atoms with E-state index in [9.17, 15) is 4.79 Å². The summed E-state index contributed by atoms with van der Waals surface area (Å²) in [6.07, 6.45) is 0. The Kier molecular flexibility index (Phi) is 2.04. The fourth-order valence-electron chi connectivity index (χ4n) is 1.37. The van der Waals surface area contributed by atoms with E-state index in [0.29, 0.717) is 11.6 Å². The minimum atomic E-state index is -0.415. The number of rotatable bonds is 2. The summed E-state index contributed by atoms with van der Waals surface area (Å²) in [4.78, 5) is 13.5. The van der Waals surface area contributed by atoms with Crippen LogP contribution in [0.5, 0.6) is 0 Å². The lowest BCUT2D eigenvalue weighted by Crippen LogP contribution is -2.09. The van der Waals surface area contributed by atoms with E-state index in [0.717, 1.165) is 11.2 Å². The fraction of sp³-hybridized carbons (Fsp3) is 0.300. The van der Waals surface area contributed by atoms with Crippen LogP contribution in [0.4, 0.5) is 5.69 Å². The summed E-state index contributed by atoms with van der Waals surface area (Å²) in [6.45, 7) is 4.11. The number of aromatic amines is 1. The van der Waals surface area contributed by atoms with Crippen molar-refractivity contribution in [2.24, 2.45) is 0 Å². The summed E-state index contributed by atoms with van der Waals surface area (Å²) in [5.41, 5.74) is 2.26. The normalized spacial score (nSPS) is 11.1. The molecule has 4 heteroatoms. The Morgan fingerprint density at radius 3 is 2.93 bits per heavy atom. The van der Waals surface area contributed by atoms with E-state index in [1.165, 1.54) is 0 Å². The van der Waals surface area contributed by atoms with E-state index < -0.39 is 5.76 Å². The smallest absolute Gasteiger partial charge is 0.408 e. The van der Waals surface area contributed by atoms with Gasteiger partial charge in [0, 0.05) is 17.8 Å². The van der Waals surface area contributed by atoms with Gasteiger partial charge in [0.15, 0.2) is 5.58 Å². The van der Waals surface area contributed by atoms with E-state index in [1.807, 2.05) is 18.2 Å². The highest BCUT2D eigenvalue weighted by Crippen LogP contribution is 2.16. The molecule has 0 spiro atoms. The summed E-state index contributed by atoms with van der Waals surface area (Å²) in [7, 11) is 0. The SMILES string of the molecule is CC(C)Nc1ccc2[nH]c(=O)oc2c1. The highest BCUT2D eigenvalue weighted by Gasteiger charge is 2.02. The third kappa shape index (κ3) is 1.64. The molecule has 0 unspecified atom stereocenters. The number of benzene rings is 1. The van der Waals surface area contributed by atoms with Crippen LogP contribution in [0.1, 0.15) is 13.8 Å². The first kappa shape index (κ1) is 8.87. The van der Waals surface area contributed by atoms with Gasteiger partial charge in [-0.05, 0) is 26.0 Å². The van der Waals surface area contributed by atoms with Crippen LogP contribution >= 0.6 is 0 Å². The average Bonchev–Trinajstić information content (AvgIpc) is 2.42. The van der Waals surface area contributed by atoms with Crippen LogP contribution in [0.3, 0.4) is 0 Å². The number of H-pyrrole nitrogens is 1. The average molecular weight is 192 g/mol. The number of hydrogen-bond donors (Lipinski definition) is 2. The third-order valence-corrected chi connectivity index (χ3v) is 1.88. The van der Waals surface area contributed by atoms with E-state index in [4.69, 9.17) is 4.42 Å². The predicted octanol–water partition coefficient (Wildman–Crippen LogP) is 1.94. The van der Waals surface area contributed by atoms with Crippen LogP contribution in [-0.4, -0.2) is 11.0 Å². The number of aromatic nitrogens is 1. The maximum absolute atomic E-state index is 10.9. The molecule has 4 nitrogen and oxygen atoms in total. The Hall–Kier alpha value is -1.71. The minimum absolute atomic E-state index is 0.359. The molecule has 14 heavy (non-hydrogen) atoms. The van der Waals surface area contributed by atoms with Gasteiger partial charge in [0.05, 0.1) is 5.52 Å². The lowest BCUT2D eigenvalue weighted by molar-refractivity contribution is 0.555. The lowest BCUT2D eigenvalue weighted by atomic mass is 10.2. The second-order valence-corrected chi connectivity index (χ2v) is 3.52. The molecule has 74 valence electrons. The lowest BCUT2D eigenvalue weighted by Gasteiger charge is -2.08. The van der Waals surface area contributed by atoms with Gasteiger partial charge in [-0.15, -0.1) is 0 Å². The monoisotopic (exact) mass is 192 g/mol. The second-order valence-electron chi connectivity index (χ2n) is 3.52. The van der Waals surface area contributed by atoms with Gasteiger partial charge >= 0.3 is 5.76 Å². The van der Waals surface area contributed by atoms with Crippen molar-refractivity contribution < 1.29 is 4.42 Å². The van der Waals surface area contributed by atoms with E-state index in [2.05, 4.69) is 24.1 Å². The topological polar surface area (TPSA) is 58.0 Å². The van der Waals surface area contributed by atoms with Gasteiger partial charge in [-0.25, -0.2) is 4.79 Å². The van der Waals surface area contributed by atoms with Gasteiger partial charge < -0.3 is 9.73 Å². The Morgan fingerprint density at radius 2 is 2.21 bits per heavy atom. The van der Waals surface area contributed by atoms with Gasteiger partial charge in [0.1, 0.15) is 0 Å². The molecule has 2 rings (SSSR count). The van der Waals surface area contributed by atoms with Crippen LogP contribution < -0.4 is 11.1 Å². The Labute approximate surface area is 80.9 Å². The summed E-state index contributed by atoms with van der Waals surface area (Å²) in [6, 6.07) is 5.91. The van der Waals surface area contributed by atoms with Gasteiger partial charge in [-0.2, -0.15) is 0 Å². The van der Waals surface area contributed by atoms with Crippen molar-refractivity contribution in [3.05, 3.63) is 28.7 Å². The Morgan fingerprint density at radius 1 is 1.43 bits per heavy atom. The van der Waals surface area contributed by atoms with Crippen LogP contribution in [0.15, 0.2) is 27.4 Å². The van der Waals surface area contributed by atoms with Crippen molar-refractivity contribution in [1.82, 2.24) is 4.98 Å². The molecule has 0 radical (unpaired) electrons. The molecule has 0 aliphatic carbocycles. The maximum Gasteiger partial charge on any atom is 0.417 e. The third-order valence-electron chi connectivity index (χ3n) is 1.88. The second kappa shape index (κ2) is 3.21. The van der Waals surface area contributed by atoms with Crippen LogP contribution in [0.25, 0.3) is 11.1 Å². The molecule has 0 aliphatic rings. The molecule has 0 aliphatic heterocycles. The van der Waals surface area contributed by atoms with Crippen molar-refractivity contribution in [2.45, 2.75) is 19.9 Å². The van der Waals surface area contributed by atoms with Crippen LogP contribution in [0, 0.1) is 0 Å². The van der Waals surface area contributed by atoms with Crippen molar-refractivity contribution in [1.29, 1.82) is 0 Å². The number of anilines is 1.